The molecule has 5 rings (SSSR count). The van der Waals surface area contributed by atoms with Crippen molar-refractivity contribution >= 4 is 75.3 Å². The smallest absolute Gasteiger partial charge is 0.347 e. The van der Waals surface area contributed by atoms with Crippen LogP contribution in [0.1, 0.15) is 31.9 Å². The first-order valence-corrected chi connectivity index (χ1v) is 15.8. The van der Waals surface area contributed by atoms with Crippen LogP contribution in [-0.4, -0.2) is 91.9 Å². The molecule has 1 aromatic rings. The fourth-order valence-electron chi connectivity index (χ4n) is 5.02. The summed E-state index contributed by atoms with van der Waals surface area (Å²) in [6.45, 7) is 1.23. The minimum atomic E-state index is -1.49. The summed E-state index contributed by atoms with van der Waals surface area (Å²) in [7, 11) is 2.02. The van der Waals surface area contributed by atoms with Gasteiger partial charge in [-0.1, -0.05) is 16.9 Å². The van der Waals surface area contributed by atoms with Gasteiger partial charge in [-0.05, 0) is 25.3 Å². The maximum Gasteiger partial charge on any atom is 0.347 e. The fourth-order valence-corrected chi connectivity index (χ4v) is 8.22. The van der Waals surface area contributed by atoms with Crippen molar-refractivity contribution in [2.24, 2.45) is 15.9 Å². The number of carbonyl (C=O) groups excluding carboxylic acids is 3. The van der Waals surface area contributed by atoms with Gasteiger partial charge in [0.05, 0.1) is 24.3 Å². The summed E-state index contributed by atoms with van der Waals surface area (Å²) in [5.41, 5.74) is 13.9. The molecule has 0 bridgehead atoms. The minimum absolute atomic E-state index is 0.0285. The molecule has 224 valence electrons. The highest BCUT2D eigenvalue weighted by Crippen LogP contribution is 2.41. The summed E-state index contributed by atoms with van der Waals surface area (Å²) in [5.74, 6) is -3.18. The van der Waals surface area contributed by atoms with Crippen molar-refractivity contribution in [2.45, 2.75) is 49.2 Å². The Bertz CT molecular complexity index is 1470. The standard InChI is InChI=1S/C24H28N8O7S3/c1-9(21(35)36)39-30-14(12-8-41-23(26)27-12)18(33)28-15-19(34)32-16(22(37)38)10(6-40-20(15)32)7-42-24-29-17(25)11-4-3-5-13(11)31(24)2/h8-9,15,20,24H,3-7H2,1-2H3,(H2,25,29)(H2,26,27)(H,28,33)(H,35,36)(H,37,38)/b30-14-/t9-,15?,20+,24?/m0/s1. The Morgan fingerprint density at radius 1 is 1.38 bits per heavy atom. The number of aromatic nitrogens is 1. The number of aliphatic carboxylic acids is 2. The van der Waals surface area contributed by atoms with Gasteiger partial charge >= 0.3 is 5.97 Å². The third kappa shape index (κ3) is 5.58. The summed E-state index contributed by atoms with van der Waals surface area (Å²) in [4.78, 5) is 65.4. The first kappa shape index (κ1) is 29.9. The molecule has 1 saturated heterocycles. The van der Waals surface area contributed by atoms with Crippen molar-refractivity contribution in [1.29, 1.82) is 0 Å². The number of carboxylic acids is 2. The molecule has 1 aliphatic carbocycles. The number of anilines is 1. The number of allylic oxidation sites excluding steroid dienone is 1. The number of quaternary nitrogens is 1. The van der Waals surface area contributed by atoms with Gasteiger partial charge < -0.3 is 36.6 Å². The van der Waals surface area contributed by atoms with Gasteiger partial charge in [0.25, 0.3) is 11.8 Å². The van der Waals surface area contributed by atoms with Gasteiger partial charge in [-0.2, -0.15) is 4.99 Å². The number of β-lactam (4-membered cyclic amide) rings is 1. The van der Waals surface area contributed by atoms with E-state index < -0.39 is 41.3 Å². The Morgan fingerprint density at radius 3 is 2.81 bits per heavy atom. The van der Waals surface area contributed by atoms with Gasteiger partial charge in [-0.25, -0.2) is 9.78 Å². The number of hydrogen-bond acceptors (Lipinski definition) is 14. The number of thioether (sulfide) groups is 2. The van der Waals surface area contributed by atoms with Crippen LogP contribution in [0.2, 0.25) is 0 Å². The van der Waals surface area contributed by atoms with Crippen molar-refractivity contribution in [3.8, 4) is 0 Å². The second kappa shape index (κ2) is 11.9. The van der Waals surface area contributed by atoms with Gasteiger partial charge in [0.2, 0.25) is 11.6 Å². The summed E-state index contributed by atoms with van der Waals surface area (Å²) >= 11 is 3.77. The van der Waals surface area contributed by atoms with Crippen molar-refractivity contribution in [2.75, 3.05) is 24.3 Å². The lowest BCUT2D eigenvalue weighted by Crippen LogP contribution is -3.11. The van der Waals surface area contributed by atoms with Crippen molar-refractivity contribution in [3.63, 3.8) is 0 Å². The Labute approximate surface area is 252 Å². The number of carboxylic acid groups (broad SMARTS) is 2. The molecule has 7 N–H and O–H groups in total. The van der Waals surface area contributed by atoms with Crippen molar-refractivity contribution in [1.82, 2.24) is 15.2 Å². The largest absolute Gasteiger partial charge is 0.543 e. The molecule has 3 aliphatic heterocycles. The number of nitrogens with zero attached hydrogens (tertiary/aromatic N) is 4. The zero-order chi connectivity index (χ0) is 30.3. The number of nitrogens with two attached hydrogens (primary N) is 2. The normalized spacial score (nSPS) is 26.2. The third-order valence-corrected chi connectivity index (χ3v) is 10.5. The SMILES string of the molecule is C[C@H](O/N=C(\C(=O)NC1C(=O)N2C(C(=O)[O-])=C(CSC3N=C(N)C4=C(CCC4)[NH+]3C)CS[C@H]12)c1csc(N)n1)C(=O)O. The van der Waals surface area contributed by atoms with Gasteiger partial charge in [0, 0.05) is 23.3 Å². The minimum Gasteiger partial charge on any atom is -0.543 e. The van der Waals surface area contributed by atoms with Crippen LogP contribution in [0.4, 0.5) is 5.13 Å². The summed E-state index contributed by atoms with van der Waals surface area (Å²) < 4.78 is 0. The van der Waals surface area contributed by atoms with Crippen LogP contribution in [0.15, 0.2) is 38.1 Å². The van der Waals surface area contributed by atoms with Gasteiger partial charge in [0.15, 0.2) is 10.8 Å². The Morgan fingerprint density at radius 2 is 2.14 bits per heavy atom. The molecule has 3 unspecified atom stereocenters. The summed E-state index contributed by atoms with van der Waals surface area (Å²) in [6.07, 6.45) is 1.52. The van der Waals surface area contributed by atoms with E-state index in [1.165, 1.54) is 41.5 Å². The van der Waals surface area contributed by atoms with Crippen molar-refractivity contribution < 1.29 is 39.1 Å². The first-order valence-electron chi connectivity index (χ1n) is 12.9. The van der Waals surface area contributed by atoms with Crippen LogP contribution in [-0.2, 0) is 24.0 Å². The van der Waals surface area contributed by atoms with E-state index >= 15 is 0 Å². The van der Waals surface area contributed by atoms with E-state index in [4.69, 9.17) is 21.4 Å². The Hall–Kier alpha value is -3.61. The van der Waals surface area contributed by atoms with Crippen LogP contribution in [0.3, 0.4) is 0 Å². The average molecular weight is 637 g/mol. The molecule has 4 heterocycles. The lowest BCUT2D eigenvalue weighted by molar-refractivity contribution is -0.851. The van der Waals surface area contributed by atoms with Gasteiger partial charge in [0.1, 0.15) is 28.6 Å². The van der Waals surface area contributed by atoms with E-state index in [1.807, 2.05) is 7.05 Å². The molecular formula is C24H28N8O7S3. The maximum absolute atomic E-state index is 13.2. The highest BCUT2D eigenvalue weighted by molar-refractivity contribution is 8.01. The van der Waals surface area contributed by atoms with Crippen LogP contribution >= 0.6 is 34.9 Å². The molecule has 2 amide bonds. The predicted octanol–water partition coefficient (Wildman–Crippen LogP) is -2.34. The lowest BCUT2D eigenvalue weighted by Gasteiger charge is -2.50. The molecule has 4 aliphatic rings. The number of fused-ring (bicyclic) bond motifs is 1. The number of nitrogens with one attached hydrogen (secondary N) is 2. The fraction of sp³-hybridized carbons (Fsp3) is 0.458. The molecule has 0 aromatic carbocycles. The average Bonchev–Trinajstić information content (AvgIpc) is 3.62. The zero-order valence-electron chi connectivity index (χ0n) is 22.5. The Kier molecular flexibility index (Phi) is 8.49. The van der Waals surface area contributed by atoms with Crippen LogP contribution in [0, 0.1) is 0 Å². The molecule has 18 heteroatoms. The van der Waals surface area contributed by atoms with Crippen LogP contribution in [0.5, 0.6) is 0 Å². The molecule has 1 fully saturated rings. The molecule has 0 saturated carbocycles. The quantitative estimate of drug-likeness (QED) is 0.103. The molecule has 0 radical (unpaired) electrons. The maximum atomic E-state index is 13.2. The van der Waals surface area contributed by atoms with Gasteiger partial charge in [-0.15, -0.1) is 23.1 Å². The van der Waals surface area contributed by atoms with E-state index in [1.54, 1.807) is 0 Å². The third-order valence-electron chi connectivity index (χ3n) is 7.20. The number of hydrogen-bond donors (Lipinski definition) is 5. The number of amidine groups is 1. The number of nitrogen functional groups attached to an aromatic ring is 1. The van der Waals surface area contributed by atoms with E-state index in [9.17, 15) is 24.3 Å². The summed E-state index contributed by atoms with van der Waals surface area (Å²) in [6, 6.07) is -1.07. The molecule has 42 heavy (non-hydrogen) atoms. The molecule has 5 atom stereocenters. The van der Waals surface area contributed by atoms with E-state index in [0.29, 0.717) is 22.9 Å². The van der Waals surface area contributed by atoms with Crippen LogP contribution < -0.4 is 26.8 Å². The van der Waals surface area contributed by atoms with Crippen molar-refractivity contribution in [3.05, 3.63) is 33.6 Å². The second-order valence-electron chi connectivity index (χ2n) is 9.87. The number of amides is 2. The van der Waals surface area contributed by atoms with E-state index in [-0.39, 0.29) is 27.7 Å². The topological polar surface area (TPSA) is 230 Å². The zero-order valence-corrected chi connectivity index (χ0v) is 24.9. The van der Waals surface area contributed by atoms with E-state index in [0.717, 1.165) is 46.0 Å². The Balaban J connectivity index is 1.29. The van der Waals surface area contributed by atoms with Gasteiger partial charge in [-0.3, -0.25) is 19.4 Å². The molecule has 0 spiro atoms. The monoisotopic (exact) mass is 636 g/mol. The number of aliphatic imine (C=N–C) groups is 1. The number of carbonyl (C=O) groups is 4. The van der Waals surface area contributed by atoms with Crippen LogP contribution in [0.25, 0.3) is 0 Å². The second-order valence-corrected chi connectivity index (χ2v) is 12.9. The molecule has 15 nitrogen and oxygen atoms in total. The molecule has 1 aromatic heterocycles. The first-order chi connectivity index (χ1) is 20.0. The predicted molar refractivity (Wildman–Crippen MR) is 154 cm³/mol. The highest BCUT2D eigenvalue weighted by Gasteiger charge is 2.53. The highest BCUT2D eigenvalue weighted by atomic mass is 32.2. The number of oxime groups is 1. The number of rotatable bonds is 10. The molecular weight excluding hydrogens is 609 g/mol. The van der Waals surface area contributed by atoms with E-state index in [2.05, 4.69) is 20.4 Å². The summed E-state index contributed by atoms with van der Waals surface area (Å²) in [5, 5.41) is 28.4. The number of thiazole rings is 1. The lowest BCUT2D eigenvalue weighted by atomic mass is 10.0.